The van der Waals surface area contributed by atoms with Gasteiger partial charge in [-0.05, 0) is 0 Å². The summed E-state index contributed by atoms with van der Waals surface area (Å²) in [7, 11) is 0. The molecular formula is C6H10N2O. The lowest BCUT2D eigenvalue weighted by molar-refractivity contribution is 0.157. The smallest absolute Gasteiger partial charge is 0.130 e. The van der Waals surface area contributed by atoms with Crippen LogP contribution < -0.4 is 10.6 Å². The summed E-state index contributed by atoms with van der Waals surface area (Å²) in [6.07, 6.45) is 1.56. The third-order valence-electron chi connectivity index (χ3n) is 1.38. The number of ether oxygens (including phenoxy) is 1. The molecule has 0 radical (unpaired) electrons. The van der Waals surface area contributed by atoms with E-state index in [0.717, 1.165) is 0 Å². The highest BCUT2D eigenvalue weighted by atomic mass is 16.5. The third kappa shape index (κ3) is 0.772. The van der Waals surface area contributed by atoms with Gasteiger partial charge >= 0.3 is 0 Å². The van der Waals surface area contributed by atoms with Crippen molar-refractivity contribution in [1.29, 1.82) is 0 Å². The molecule has 0 aliphatic carbocycles. The molecule has 0 aromatic heterocycles. The lowest BCUT2D eigenvalue weighted by Gasteiger charge is -2.21. The fourth-order valence-electron chi connectivity index (χ4n) is 0.902. The monoisotopic (exact) mass is 130 g/mol. The van der Waals surface area contributed by atoms with E-state index >= 15 is 0 Å². The van der Waals surface area contributed by atoms with Crippen molar-refractivity contribution in [3.63, 3.8) is 0 Å². The average Bonchev–Trinajstić information content (AvgIpc) is 2.33. The second-order valence-corrected chi connectivity index (χ2v) is 1.98. The van der Waals surface area contributed by atoms with Crippen molar-refractivity contribution < 1.29 is 10.2 Å². The highest BCUT2D eigenvalue weighted by Crippen LogP contribution is 2.10. The van der Waals surface area contributed by atoms with Gasteiger partial charge in [-0.2, -0.15) is 0 Å². The van der Waals surface area contributed by atoms with Crippen LogP contribution in [0.1, 0.15) is 5.48 Å². The van der Waals surface area contributed by atoms with Gasteiger partial charge in [0, 0.05) is 22.0 Å². The highest BCUT2D eigenvalue weighted by Gasteiger charge is 2.22. The fourth-order valence-corrected chi connectivity index (χ4v) is 0.902. The van der Waals surface area contributed by atoms with Gasteiger partial charge in [0.2, 0.25) is 0 Å². The van der Waals surface area contributed by atoms with Gasteiger partial charge in [-0.1, -0.05) is 0 Å². The van der Waals surface area contributed by atoms with Crippen molar-refractivity contribution in [2.75, 3.05) is 19.6 Å². The molecule has 2 rings (SSSR count). The molecule has 0 amide bonds. The molecule has 0 aromatic rings. The number of hydrogen-bond acceptors (Lipinski definition) is 3. The van der Waals surface area contributed by atoms with Crippen LogP contribution in [0.4, 0.5) is 0 Å². The Morgan fingerprint density at radius 2 is 2.89 bits per heavy atom. The molecule has 2 aliphatic rings. The van der Waals surface area contributed by atoms with Crippen molar-refractivity contribution in [2.45, 2.75) is 6.04 Å². The van der Waals surface area contributed by atoms with Gasteiger partial charge in [0.25, 0.3) is 0 Å². The largest absolute Gasteiger partial charge is 0.493 e. The molecule has 2 N–H and O–H groups in total. The molecule has 0 spiro atoms. The minimum Gasteiger partial charge on any atom is -0.493 e. The van der Waals surface area contributed by atoms with Gasteiger partial charge in [-0.15, -0.1) is 0 Å². The van der Waals surface area contributed by atoms with Gasteiger partial charge in [0.1, 0.15) is 12.3 Å². The van der Waals surface area contributed by atoms with Crippen molar-refractivity contribution in [3.8, 4) is 0 Å². The summed E-state index contributed by atoms with van der Waals surface area (Å²) in [5.41, 5.74) is 0. The molecule has 0 bridgehead atoms. The first-order chi connectivity index (χ1) is 5.92. The number of hydrogen-bond donors (Lipinski definition) is 2. The summed E-state index contributed by atoms with van der Waals surface area (Å²) in [6.45, 7) is -3.94. The van der Waals surface area contributed by atoms with E-state index in [1.165, 1.54) is 0 Å². The van der Waals surface area contributed by atoms with Crippen LogP contribution in [0.3, 0.4) is 0 Å². The van der Waals surface area contributed by atoms with Gasteiger partial charge in [-0.25, -0.2) is 0 Å². The Balaban J connectivity index is 2.26. The number of fused-ring (bicyclic) bond motifs is 1. The molecule has 3 heteroatoms. The van der Waals surface area contributed by atoms with Gasteiger partial charge in [-0.3, -0.25) is 0 Å². The van der Waals surface area contributed by atoms with E-state index in [1.807, 2.05) is 0 Å². The van der Waals surface area contributed by atoms with Crippen LogP contribution in [0.15, 0.2) is 12.0 Å². The molecule has 1 atom stereocenters. The second kappa shape index (κ2) is 1.92. The molecule has 50 valence electrons. The minimum absolute atomic E-state index is 0.265. The lowest BCUT2D eigenvalue weighted by Crippen LogP contribution is -2.40. The van der Waals surface area contributed by atoms with Crippen molar-refractivity contribution in [2.24, 2.45) is 0 Å². The quantitative estimate of drug-likeness (QED) is 0.460. The van der Waals surface area contributed by atoms with Crippen LogP contribution in [0.5, 0.6) is 0 Å². The topological polar surface area (TPSA) is 33.3 Å². The first kappa shape index (κ1) is 2.50. The normalized spacial score (nSPS) is 49.8. The summed E-state index contributed by atoms with van der Waals surface area (Å²) in [5.74, 6) is 0.431. The number of rotatable bonds is 0. The predicted octanol–water partition coefficient (Wildman–Crippen LogP) is -0.581. The summed E-state index contributed by atoms with van der Waals surface area (Å²) in [6, 6.07) is -0.265. The molecular weight excluding hydrogens is 116 g/mol. The van der Waals surface area contributed by atoms with Crippen LogP contribution in [-0.2, 0) is 4.74 Å². The highest BCUT2D eigenvalue weighted by molar-refractivity contribution is 5.11. The van der Waals surface area contributed by atoms with E-state index in [-0.39, 0.29) is 6.04 Å². The van der Waals surface area contributed by atoms with Crippen molar-refractivity contribution in [3.05, 3.63) is 12.0 Å². The maximum absolute atomic E-state index is 7.38. The molecule has 2 heterocycles. The first-order valence-corrected chi connectivity index (χ1v) is 2.82. The molecule has 0 aromatic carbocycles. The Labute approximate surface area is 59.7 Å². The zero-order valence-corrected chi connectivity index (χ0v) is 4.77. The maximum atomic E-state index is 7.38. The van der Waals surface area contributed by atoms with Gasteiger partial charge in [0.15, 0.2) is 0 Å². The Morgan fingerprint density at radius 1 is 1.89 bits per heavy atom. The Kier molecular flexibility index (Phi) is 0.532. The first-order valence-electron chi connectivity index (χ1n) is 4.82. The van der Waals surface area contributed by atoms with Crippen LogP contribution in [0.25, 0.3) is 0 Å². The minimum atomic E-state index is -2.32. The molecule has 2 aliphatic heterocycles. The fraction of sp³-hybridized carbons (Fsp3) is 0.667. The van der Waals surface area contributed by atoms with Crippen molar-refractivity contribution in [1.82, 2.24) is 10.6 Å². The van der Waals surface area contributed by atoms with E-state index in [9.17, 15) is 0 Å². The average molecular weight is 130 g/mol. The molecule has 0 saturated carbocycles. The van der Waals surface area contributed by atoms with Crippen LogP contribution in [0.2, 0.25) is 0 Å². The molecule has 3 nitrogen and oxygen atoms in total. The molecule has 9 heavy (non-hydrogen) atoms. The summed E-state index contributed by atoms with van der Waals surface area (Å²) < 4.78 is 34.3. The summed E-state index contributed by atoms with van der Waals surface area (Å²) in [5, 5.41) is 5.40. The van der Waals surface area contributed by atoms with E-state index < -0.39 is 13.1 Å². The van der Waals surface area contributed by atoms with Crippen LogP contribution >= 0.6 is 0 Å². The van der Waals surface area contributed by atoms with Gasteiger partial charge in [0.05, 0.1) is 8.78 Å². The van der Waals surface area contributed by atoms with Crippen LogP contribution in [-0.4, -0.2) is 25.6 Å². The third-order valence-corrected chi connectivity index (χ3v) is 1.38. The molecule has 1 saturated heterocycles. The van der Waals surface area contributed by atoms with Crippen LogP contribution in [0, 0.1) is 0 Å². The van der Waals surface area contributed by atoms with E-state index in [2.05, 4.69) is 10.6 Å². The number of nitrogens with one attached hydrogen (secondary N) is 2. The number of morpholine rings is 1. The molecule has 0 unspecified atom stereocenters. The van der Waals surface area contributed by atoms with E-state index in [4.69, 9.17) is 10.2 Å². The Hall–Kier alpha value is -0.700. The predicted molar refractivity (Wildman–Crippen MR) is 33.8 cm³/mol. The zero-order chi connectivity index (χ0) is 9.69. The van der Waals surface area contributed by atoms with E-state index in [1.54, 1.807) is 6.20 Å². The Bertz CT molecular complexity index is 265. The zero-order valence-electron chi connectivity index (χ0n) is 8.77. The SMILES string of the molecule is [2H]C1([2H])N[C@@H]2CNC=C2OC1([2H])[2H]. The van der Waals surface area contributed by atoms with Crippen molar-refractivity contribution >= 4 is 0 Å². The Morgan fingerprint density at radius 3 is 3.89 bits per heavy atom. The standard InChI is InChI=1S/C6H10N2O/c1-2-9-6-4-7-3-5(6)8-1/h4-5,7-8H,1-3H2/t5-/m1/s1/i1D2,2D2. The van der Waals surface area contributed by atoms with E-state index in [0.29, 0.717) is 12.3 Å². The van der Waals surface area contributed by atoms with Gasteiger partial charge < -0.3 is 15.4 Å². The lowest BCUT2D eigenvalue weighted by atomic mass is 10.2. The summed E-state index contributed by atoms with van der Waals surface area (Å²) in [4.78, 5) is 0. The summed E-state index contributed by atoms with van der Waals surface area (Å²) >= 11 is 0. The molecule has 1 fully saturated rings. The second-order valence-electron chi connectivity index (χ2n) is 1.98. The maximum Gasteiger partial charge on any atom is 0.130 e.